The number of fused-ring (bicyclic) bond motifs is 3. The molecule has 2 aliphatic rings. The monoisotopic (exact) mass is 321 g/mol. The fourth-order valence-corrected chi connectivity index (χ4v) is 4.14. The maximum absolute atomic E-state index is 12.8. The van der Waals surface area contributed by atoms with Crippen molar-refractivity contribution in [1.82, 2.24) is 14.8 Å². The summed E-state index contributed by atoms with van der Waals surface area (Å²) in [7, 11) is 0. The lowest BCUT2D eigenvalue weighted by molar-refractivity contribution is 0.0355. The van der Waals surface area contributed by atoms with E-state index in [4.69, 9.17) is 0 Å². The third-order valence-electron chi connectivity index (χ3n) is 5.31. The highest BCUT2D eigenvalue weighted by Gasteiger charge is 2.41. The lowest BCUT2D eigenvalue weighted by Crippen LogP contribution is -2.56. The zero-order chi connectivity index (χ0) is 16.7. The van der Waals surface area contributed by atoms with Crippen LogP contribution in [0.3, 0.4) is 0 Å². The highest BCUT2D eigenvalue weighted by Crippen LogP contribution is 2.41. The van der Waals surface area contributed by atoms with Gasteiger partial charge in [-0.1, -0.05) is 44.2 Å². The van der Waals surface area contributed by atoms with Crippen LogP contribution in [0.25, 0.3) is 0 Å². The zero-order valence-corrected chi connectivity index (χ0v) is 14.3. The van der Waals surface area contributed by atoms with Crippen LogP contribution in [0.2, 0.25) is 0 Å². The van der Waals surface area contributed by atoms with E-state index in [1.54, 1.807) is 12.3 Å². The standard InChI is InChI=1S/C20H23N3O/c1-20(2)14-23-12-11-22(19(24)17-9-5-6-10-21-17)13-18(23)15-7-3-4-8-16(15)20/h3-10,18H,11-14H2,1-2H3. The van der Waals surface area contributed by atoms with Crippen molar-refractivity contribution in [2.75, 3.05) is 26.2 Å². The number of nitrogens with zero attached hydrogens (tertiary/aromatic N) is 3. The Morgan fingerprint density at radius 2 is 1.92 bits per heavy atom. The van der Waals surface area contributed by atoms with Crippen molar-refractivity contribution < 1.29 is 4.79 Å². The molecule has 24 heavy (non-hydrogen) atoms. The maximum Gasteiger partial charge on any atom is 0.272 e. The van der Waals surface area contributed by atoms with E-state index in [1.807, 2.05) is 17.0 Å². The number of hydrogen-bond donors (Lipinski definition) is 0. The third kappa shape index (κ3) is 2.51. The summed E-state index contributed by atoms with van der Waals surface area (Å²) in [5.74, 6) is 0.0394. The number of pyridine rings is 1. The SMILES string of the molecule is CC1(C)CN2CCN(C(=O)c3ccccn3)CC2c2ccccc21. The van der Waals surface area contributed by atoms with Gasteiger partial charge in [0.05, 0.1) is 6.04 Å². The summed E-state index contributed by atoms with van der Waals surface area (Å²) in [5.41, 5.74) is 3.47. The zero-order valence-electron chi connectivity index (χ0n) is 14.3. The fraction of sp³-hybridized carbons (Fsp3) is 0.400. The Morgan fingerprint density at radius 1 is 1.12 bits per heavy atom. The molecule has 124 valence electrons. The lowest BCUT2D eigenvalue weighted by Gasteiger charge is -2.49. The lowest BCUT2D eigenvalue weighted by atomic mass is 9.75. The predicted molar refractivity (Wildman–Crippen MR) is 93.9 cm³/mol. The van der Waals surface area contributed by atoms with E-state index in [9.17, 15) is 4.79 Å². The van der Waals surface area contributed by atoms with E-state index in [0.717, 1.165) is 26.2 Å². The quantitative estimate of drug-likeness (QED) is 0.810. The molecule has 0 aliphatic carbocycles. The highest BCUT2D eigenvalue weighted by molar-refractivity contribution is 5.92. The summed E-state index contributed by atoms with van der Waals surface area (Å²) in [6.45, 7) is 8.09. The van der Waals surface area contributed by atoms with Gasteiger partial charge in [0, 0.05) is 37.8 Å². The largest absolute Gasteiger partial charge is 0.334 e. The second kappa shape index (κ2) is 5.71. The molecule has 1 aromatic heterocycles. The van der Waals surface area contributed by atoms with Crippen molar-refractivity contribution >= 4 is 5.91 Å². The van der Waals surface area contributed by atoms with Crippen LogP contribution < -0.4 is 0 Å². The van der Waals surface area contributed by atoms with Crippen LogP contribution in [-0.2, 0) is 5.41 Å². The van der Waals surface area contributed by atoms with Crippen molar-refractivity contribution in [1.29, 1.82) is 0 Å². The highest BCUT2D eigenvalue weighted by atomic mass is 16.2. The van der Waals surface area contributed by atoms with Crippen molar-refractivity contribution in [3.8, 4) is 0 Å². The van der Waals surface area contributed by atoms with E-state index >= 15 is 0 Å². The number of amides is 1. The van der Waals surface area contributed by atoms with Gasteiger partial charge in [-0.3, -0.25) is 14.7 Å². The summed E-state index contributed by atoms with van der Waals surface area (Å²) in [4.78, 5) is 21.5. The molecule has 1 saturated heterocycles. The van der Waals surface area contributed by atoms with E-state index in [-0.39, 0.29) is 17.4 Å². The average molecular weight is 321 g/mol. The molecule has 1 unspecified atom stereocenters. The van der Waals surface area contributed by atoms with Crippen LogP contribution in [0.1, 0.15) is 41.5 Å². The van der Waals surface area contributed by atoms with Crippen molar-refractivity contribution in [2.45, 2.75) is 25.3 Å². The molecule has 4 heteroatoms. The number of carbonyl (C=O) groups excluding carboxylic acids is 1. The Hall–Kier alpha value is -2.20. The Kier molecular flexibility index (Phi) is 3.65. The van der Waals surface area contributed by atoms with E-state index in [1.165, 1.54) is 11.1 Å². The number of carbonyl (C=O) groups is 1. The van der Waals surface area contributed by atoms with Crippen LogP contribution in [0.4, 0.5) is 0 Å². The maximum atomic E-state index is 12.8. The second-order valence-corrected chi connectivity index (χ2v) is 7.42. The molecule has 0 spiro atoms. The molecule has 0 saturated carbocycles. The summed E-state index contributed by atoms with van der Waals surface area (Å²) in [6, 6.07) is 14.5. The molecule has 4 rings (SSSR count). The molecule has 0 bridgehead atoms. The summed E-state index contributed by atoms with van der Waals surface area (Å²) in [5, 5.41) is 0. The minimum Gasteiger partial charge on any atom is -0.334 e. The average Bonchev–Trinajstić information content (AvgIpc) is 2.61. The molecular formula is C20H23N3O. The molecule has 1 fully saturated rings. The number of hydrogen-bond acceptors (Lipinski definition) is 3. The van der Waals surface area contributed by atoms with Crippen molar-refractivity contribution in [3.05, 3.63) is 65.5 Å². The van der Waals surface area contributed by atoms with E-state index in [0.29, 0.717) is 5.69 Å². The Balaban J connectivity index is 1.64. The minimum absolute atomic E-state index is 0.0394. The molecule has 0 radical (unpaired) electrons. The summed E-state index contributed by atoms with van der Waals surface area (Å²) >= 11 is 0. The molecule has 1 aromatic carbocycles. The van der Waals surface area contributed by atoms with Crippen LogP contribution in [0.15, 0.2) is 48.7 Å². The first-order valence-corrected chi connectivity index (χ1v) is 8.60. The summed E-state index contributed by atoms with van der Waals surface area (Å²) in [6.07, 6.45) is 1.68. The Labute approximate surface area is 143 Å². The third-order valence-corrected chi connectivity index (χ3v) is 5.31. The van der Waals surface area contributed by atoms with Gasteiger partial charge < -0.3 is 4.90 Å². The Morgan fingerprint density at radius 3 is 2.71 bits per heavy atom. The molecule has 1 atom stereocenters. The van der Waals surface area contributed by atoms with Crippen molar-refractivity contribution in [3.63, 3.8) is 0 Å². The van der Waals surface area contributed by atoms with Crippen LogP contribution in [0, 0.1) is 0 Å². The van der Waals surface area contributed by atoms with E-state index < -0.39 is 0 Å². The molecule has 1 amide bonds. The molecular weight excluding hydrogens is 298 g/mol. The first kappa shape index (κ1) is 15.3. The van der Waals surface area contributed by atoms with Gasteiger partial charge in [-0.2, -0.15) is 0 Å². The van der Waals surface area contributed by atoms with Gasteiger partial charge in [-0.25, -0.2) is 0 Å². The molecule has 0 N–H and O–H groups in total. The topological polar surface area (TPSA) is 36.4 Å². The van der Waals surface area contributed by atoms with E-state index in [2.05, 4.69) is 48.0 Å². The number of benzene rings is 1. The van der Waals surface area contributed by atoms with Crippen molar-refractivity contribution in [2.24, 2.45) is 0 Å². The second-order valence-electron chi connectivity index (χ2n) is 7.42. The molecule has 4 nitrogen and oxygen atoms in total. The van der Waals surface area contributed by atoms with Gasteiger partial charge >= 0.3 is 0 Å². The van der Waals surface area contributed by atoms with Crippen LogP contribution in [-0.4, -0.2) is 46.9 Å². The first-order valence-electron chi connectivity index (χ1n) is 8.60. The number of piperazine rings is 1. The Bertz CT molecular complexity index is 756. The van der Waals surface area contributed by atoms with Gasteiger partial charge in [0.1, 0.15) is 5.69 Å². The van der Waals surface area contributed by atoms with Gasteiger partial charge in [0.2, 0.25) is 0 Å². The molecule has 3 heterocycles. The smallest absolute Gasteiger partial charge is 0.272 e. The molecule has 2 aromatic rings. The van der Waals surface area contributed by atoms with Gasteiger partial charge in [0.15, 0.2) is 0 Å². The normalized spacial score (nSPS) is 22.6. The number of aromatic nitrogens is 1. The van der Waals surface area contributed by atoms with Gasteiger partial charge in [0.25, 0.3) is 5.91 Å². The summed E-state index contributed by atoms with van der Waals surface area (Å²) < 4.78 is 0. The minimum atomic E-state index is 0.0394. The van der Waals surface area contributed by atoms with Gasteiger partial charge in [-0.15, -0.1) is 0 Å². The molecule has 2 aliphatic heterocycles. The predicted octanol–water partition coefficient (Wildman–Crippen LogP) is 2.87. The number of rotatable bonds is 1. The first-order chi connectivity index (χ1) is 11.6. The fourth-order valence-electron chi connectivity index (χ4n) is 4.14. The van der Waals surface area contributed by atoms with Crippen LogP contribution >= 0.6 is 0 Å². The van der Waals surface area contributed by atoms with Gasteiger partial charge in [-0.05, 0) is 23.3 Å². The van der Waals surface area contributed by atoms with Crippen LogP contribution in [0.5, 0.6) is 0 Å².